The number of hydrogen-bond donors (Lipinski definition) is 0. The quantitative estimate of drug-likeness (QED) is 0.608. The molecule has 0 amide bonds. The summed E-state index contributed by atoms with van der Waals surface area (Å²) in [6, 6.07) is 2.72. The summed E-state index contributed by atoms with van der Waals surface area (Å²) < 4.78 is 17.8. The van der Waals surface area contributed by atoms with E-state index in [4.69, 9.17) is 27.9 Å². The lowest BCUT2D eigenvalue weighted by molar-refractivity contribution is -0.142. The van der Waals surface area contributed by atoms with Crippen molar-refractivity contribution in [2.75, 3.05) is 6.61 Å². The van der Waals surface area contributed by atoms with Gasteiger partial charge in [0.1, 0.15) is 0 Å². The molecule has 0 fully saturated rings. The first-order valence-electron chi connectivity index (χ1n) is 4.33. The Labute approximate surface area is 96.9 Å². The van der Waals surface area contributed by atoms with Gasteiger partial charge in [0.05, 0.1) is 23.1 Å². The molecule has 15 heavy (non-hydrogen) atoms. The zero-order chi connectivity index (χ0) is 11.4. The molecule has 0 aliphatic carbocycles. The zero-order valence-corrected chi connectivity index (χ0v) is 9.53. The van der Waals surface area contributed by atoms with Crippen molar-refractivity contribution in [1.29, 1.82) is 0 Å². The van der Waals surface area contributed by atoms with E-state index < -0.39 is 11.8 Å². The van der Waals surface area contributed by atoms with Crippen LogP contribution in [0.25, 0.3) is 0 Å². The molecule has 1 aromatic carbocycles. The zero-order valence-electron chi connectivity index (χ0n) is 8.02. The van der Waals surface area contributed by atoms with Crippen molar-refractivity contribution in [3.05, 3.63) is 33.6 Å². The maximum atomic E-state index is 13.0. The Morgan fingerprint density at radius 1 is 1.40 bits per heavy atom. The monoisotopic (exact) mass is 250 g/mol. The van der Waals surface area contributed by atoms with Gasteiger partial charge in [-0.15, -0.1) is 0 Å². The molecule has 0 spiro atoms. The van der Waals surface area contributed by atoms with Crippen LogP contribution < -0.4 is 0 Å². The summed E-state index contributed by atoms with van der Waals surface area (Å²) in [4.78, 5) is 11.1. The predicted octanol–water partition coefficient (Wildman–Crippen LogP) is 3.24. The summed E-state index contributed by atoms with van der Waals surface area (Å²) in [6.45, 7) is 2.02. The number of benzene rings is 1. The summed E-state index contributed by atoms with van der Waals surface area (Å²) >= 11 is 11.1. The minimum atomic E-state index is -0.675. The summed E-state index contributed by atoms with van der Waals surface area (Å²) in [6.07, 6.45) is 0.0353. The van der Waals surface area contributed by atoms with Crippen LogP contribution in [0.4, 0.5) is 4.39 Å². The minimum Gasteiger partial charge on any atom is -0.466 e. The molecule has 0 aliphatic rings. The standard InChI is InChI=1S/C10H9Cl2FO2/c1-2-15-9(14)5-6-3-7(11)10(13)8(12)4-6/h3-4H,2,5H2,1H3. The number of esters is 1. The highest BCUT2D eigenvalue weighted by molar-refractivity contribution is 6.35. The van der Waals surface area contributed by atoms with E-state index in [1.807, 2.05) is 0 Å². The third-order valence-corrected chi connectivity index (χ3v) is 2.25. The first-order chi connectivity index (χ1) is 7.04. The fourth-order valence-corrected chi connectivity index (χ4v) is 1.62. The molecule has 2 nitrogen and oxygen atoms in total. The highest BCUT2D eigenvalue weighted by Gasteiger charge is 2.10. The lowest BCUT2D eigenvalue weighted by Crippen LogP contribution is -2.07. The molecule has 0 N–H and O–H groups in total. The Morgan fingerprint density at radius 3 is 2.40 bits per heavy atom. The van der Waals surface area contributed by atoms with Gasteiger partial charge in [-0.1, -0.05) is 23.2 Å². The number of halogens is 3. The van der Waals surface area contributed by atoms with E-state index in [1.54, 1.807) is 6.92 Å². The number of ether oxygens (including phenoxy) is 1. The van der Waals surface area contributed by atoms with E-state index in [1.165, 1.54) is 12.1 Å². The van der Waals surface area contributed by atoms with Crippen molar-refractivity contribution in [3.63, 3.8) is 0 Å². The Bertz CT molecular complexity index is 357. The Balaban J connectivity index is 2.83. The second kappa shape index (κ2) is 5.33. The molecular weight excluding hydrogens is 242 g/mol. The van der Waals surface area contributed by atoms with Crippen LogP contribution in [0.5, 0.6) is 0 Å². The first-order valence-corrected chi connectivity index (χ1v) is 5.09. The molecule has 1 rings (SSSR count). The van der Waals surface area contributed by atoms with Gasteiger partial charge in [-0.25, -0.2) is 4.39 Å². The Kier molecular flexibility index (Phi) is 4.36. The van der Waals surface area contributed by atoms with Gasteiger partial charge in [-0.2, -0.15) is 0 Å². The number of carbonyl (C=O) groups excluding carboxylic acids is 1. The molecule has 0 saturated heterocycles. The van der Waals surface area contributed by atoms with Crippen molar-refractivity contribution in [2.45, 2.75) is 13.3 Å². The molecule has 0 saturated carbocycles. The topological polar surface area (TPSA) is 26.3 Å². The number of carbonyl (C=O) groups is 1. The molecule has 0 bridgehead atoms. The second-order valence-corrected chi connectivity index (χ2v) is 3.67. The van der Waals surface area contributed by atoms with Gasteiger partial charge in [-0.3, -0.25) is 4.79 Å². The van der Waals surface area contributed by atoms with Crippen molar-refractivity contribution >= 4 is 29.2 Å². The summed E-state index contributed by atoms with van der Waals surface area (Å²) in [5.74, 6) is -1.07. The molecule has 1 aromatic rings. The van der Waals surface area contributed by atoms with Gasteiger partial charge >= 0.3 is 5.97 Å². The van der Waals surface area contributed by atoms with Crippen LogP contribution in [-0.2, 0) is 16.0 Å². The largest absolute Gasteiger partial charge is 0.466 e. The minimum absolute atomic E-state index is 0.0353. The molecule has 0 heterocycles. The van der Waals surface area contributed by atoms with Gasteiger partial charge in [0.2, 0.25) is 0 Å². The Hall–Kier alpha value is -0.800. The normalized spacial score (nSPS) is 10.1. The van der Waals surface area contributed by atoms with E-state index in [9.17, 15) is 9.18 Å². The fourth-order valence-electron chi connectivity index (χ4n) is 1.09. The van der Waals surface area contributed by atoms with Crippen LogP contribution in [0.15, 0.2) is 12.1 Å². The molecule has 0 aromatic heterocycles. The molecule has 0 radical (unpaired) electrons. The molecule has 0 atom stereocenters. The molecule has 82 valence electrons. The fraction of sp³-hybridized carbons (Fsp3) is 0.300. The second-order valence-electron chi connectivity index (χ2n) is 2.86. The Morgan fingerprint density at radius 2 is 1.93 bits per heavy atom. The van der Waals surface area contributed by atoms with Gasteiger partial charge in [-0.05, 0) is 24.6 Å². The van der Waals surface area contributed by atoms with Crippen LogP contribution >= 0.6 is 23.2 Å². The van der Waals surface area contributed by atoms with Gasteiger partial charge in [0.15, 0.2) is 5.82 Å². The lowest BCUT2D eigenvalue weighted by Gasteiger charge is -2.04. The molecule has 0 aliphatic heterocycles. The van der Waals surface area contributed by atoms with Crippen molar-refractivity contribution in [1.82, 2.24) is 0 Å². The van der Waals surface area contributed by atoms with Crippen molar-refractivity contribution in [3.8, 4) is 0 Å². The average molecular weight is 251 g/mol. The summed E-state index contributed by atoms with van der Waals surface area (Å²) in [5, 5.41) is -0.191. The first kappa shape index (κ1) is 12.3. The van der Waals surface area contributed by atoms with Crippen LogP contribution in [0.2, 0.25) is 10.0 Å². The van der Waals surface area contributed by atoms with Crippen LogP contribution in [0, 0.1) is 5.82 Å². The number of rotatable bonds is 3. The van der Waals surface area contributed by atoms with E-state index in [2.05, 4.69) is 0 Å². The van der Waals surface area contributed by atoms with Crippen molar-refractivity contribution < 1.29 is 13.9 Å². The molecule has 0 unspecified atom stereocenters. The third kappa shape index (κ3) is 3.36. The maximum Gasteiger partial charge on any atom is 0.310 e. The smallest absolute Gasteiger partial charge is 0.310 e. The van der Waals surface area contributed by atoms with Gasteiger partial charge in [0.25, 0.3) is 0 Å². The van der Waals surface area contributed by atoms with Gasteiger partial charge in [0, 0.05) is 0 Å². The maximum absolute atomic E-state index is 13.0. The van der Waals surface area contributed by atoms with Crippen LogP contribution in [0.3, 0.4) is 0 Å². The molecule has 5 heteroatoms. The number of hydrogen-bond acceptors (Lipinski definition) is 2. The third-order valence-electron chi connectivity index (χ3n) is 1.70. The van der Waals surface area contributed by atoms with E-state index in [0.717, 1.165) is 0 Å². The lowest BCUT2D eigenvalue weighted by atomic mass is 10.1. The van der Waals surface area contributed by atoms with E-state index in [0.29, 0.717) is 12.2 Å². The highest BCUT2D eigenvalue weighted by Crippen LogP contribution is 2.24. The van der Waals surface area contributed by atoms with E-state index in [-0.39, 0.29) is 16.5 Å². The average Bonchev–Trinajstić information content (AvgIpc) is 2.14. The predicted molar refractivity (Wildman–Crippen MR) is 56.8 cm³/mol. The van der Waals surface area contributed by atoms with Crippen molar-refractivity contribution in [2.24, 2.45) is 0 Å². The van der Waals surface area contributed by atoms with Crippen LogP contribution in [0.1, 0.15) is 12.5 Å². The SMILES string of the molecule is CCOC(=O)Cc1cc(Cl)c(F)c(Cl)c1. The van der Waals surface area contributed by atoms with E-state index >= 15 is 0 Å². The highest BCUT2D eigenvalue weighted by atomic mass is 35.5. The van der Waals surface area contributed by atoms with Crippen LogP contribution in [-0.4, -0.2) is 12.6 Å². The molecular formula is C10H9Cl2FO2. The summed E-state index contributed by atoms with van der Waals surface area (Å²) in [7, 11) is 0. The summed E-state index contributed by atoms with van der Waals surface area (Å²) in [5.41, 5.74) is 0.532. The van der Waals surface area contributed by atoms with Gasteiger partial charge < -0.3 is 4.74 Å².